The van der Waals surface area contributed by atoms with E-state index in [4.69, 9.17) is 14.1 Å². The molecule has 1 aliphatic heterocycles. The molecule has 0 amide bonds. The fourth-order valence-corrected chi connectivity index (χ4v) is 3.14. The van der Waals surface area contributed by atoms with E-state index in [2.05, 4.69) is 33.5 Å². The van der Waals surface area contributed by atoms with Crippen LogP contribution in [-0.2, 0) is 17.9 Å². The van der Waals surface area contributed by atoms with E-state index in [-0.39, 0.29) is 24.0 Å². The average Bonchev–Trinajstić information content (AvgIpc) is 3.43. The number of halogens is 1. The molecule has 1 saturated heterocycles. The molecule has 29 heavy (non-hydrogen) atoms. The van der Waals surface area contributed by atoms with Crippen molar-refractivity contribution >= 4 is 35.8 Å². The highest BCUT2D eigenvalue weighted by Gasteiger charge is 2.13. The number of rotatable bonds is 10. The Balaban J connectivity index is 0.00000300. The number of ether oxygens (including phenoxy) is 1. The summed E-state index contributed by atoms with van der Waals surface area (Å²) >= 11 is 0. The van der Waals surface area contributed by atoms with Crippen LogP contribution in [0.2, 0.25) is 0 Å². The van der Waals surface area contributed by atoms with Crippen molar-refractivity contribution < 1.29 is 9.15 Å². The highest BCUT2D eigenvalue weighted by atomic mass is 127. The Morgan fingerprint density at radius 1 is 1.28 bits per heavy atom. The molecule has 1 fully saturated rings. The van der Waals surface area contributed by atoms with Crippen LogP contribution in [0.5, 0.6) is 0 Å². The van der Waals surface area contributed by atoms with Crippen LogP contribution in [0.15, 0.2) is 46.1 Å². The molecule has 0 radical (unpaired) electrons. The molecule has 1 aliphatic rings. The van der Waals surface area contributed by atoms with Gasteiger partial charge in [0.05, 0.1) is 12.8 Å². The minimum Gasteiger partial charge on any atom is -0.467 e. The second kappa shape index (κ2) is 13.4. The SMILES string of the molecule is CCNC(=NCc1ccnc(N2CCCC2)c1)NCCCOCc1ccco1.I. The van der Waals surface area contributed by atoms with Crippen molar-refractivity contribution in [2.24, 2.45) is 4.99 Å². The predicted molar refractivity (Wildman–Crippen MR) is 127 cm³/mol. The van der Waals surface area contributed by atoms with Gasteiger partial charge in [-0.15, -0.1) is 24.0 Å². The van der Waals surface area contributed by atoms with Crippen molar-refractivity contribution in [3.05, 3.63) is 48.0 Å². The second-order valence-electron chi connectivity index (χ2n) is 6.82. The van der Waals surface area contributed by atoms with Crippen LogP contribution >= 0.6 is 24.0 Å². The maximum Gasteiger partial charge on any atom is 0.191 e. The minimum absolute atomic E-state index is 0. The highest BCUT2D eigenvalue weighted by Crippen LogP contribution is 2.18. The largest absolute Gasteiger partial charge is 0.467 e. The molecule has 0 aliphatic carbocycles. The van der Waals surface area contributed by atoms with Gasteiger partial charge in [0.2, 0.25) is 0 Å². The average molecular weight is 513 g/mol. The van der Waals surface area contributed by atoms with Crippen molar-refractivity contribution in [3.8, 4) is 0 Å². The number of hydrogen-bond donors (Lipinski definition) is 2. The van der Waals surface area contributed by atoms with Crippen molar-refractivity contribution in [2.45, 2.75) is 39.3 Å². The van der Waals surface area contributed by atoms with Gasteiger partial charge in [-0.2, -0.15) is 0 Å². The van der Waals surface area contributed by atoms with Gasteiger partial charge >= 0.3 is 0 Å². The summed E-state index contributed by atoms with van der Waals surface area (Å²) in [5.41, 5.74) is 1.18. The topological polar surface area (TPSA) is 74.9 Å². The number of nitrogens with one attached hydrogen (secondary N) is 2. The Kier molecular flexibility index (Phi) is 10.9. The third kappa shape index (κ3) is 8.22. The summed E-state index contributed by atoms with van der Waals surface area (Å²) in [4.78, 5) is 11.6. The Bertz CT molecular complexity index is 718. The number of aromatic nitrogens is 1. The molecule has 3 rings (SSSR count). The predicted octanol–water partition coefficient (Wildman–Crippen LogP) is 3.55. The van der Waals surface area contributed by atoms with Gasteiger partial charge in [0.15, 0.2) is 5.96 Å². The molecule has 0 bridgehead atoms. The first-order valence-corrected chi connectivity index (χ1v) is 10.2. The molecule has 2 N–H and O–H groups in total. The second-order valence-corrected chi connectivity index (χ2v) is 6.82. The van der Waals surface area contributed by atoms with E-state index in [9.17, 15) is 0 Å². The number of aliphatic imine (C=N–C) groups is 1. The van der Waals surface area contributed by atoms with Crippen LogP contribution in [-0.4, -0.2) is 43.7 Å². The van der Waals surface area contributed by atoms with E-state index in [1.165, 1.54) is 18.4 Å². The van der Waals surface area contributed by atoms with Gasteiger partial charge in [0.25, 0.3) is 0 Å². The van der Waals surface area contributed by atoms with Crippen LogP contribution in [0.4, 0.5) is 5.82 Å². The molecule has 0 unspecified atom stereocenters. The molecule has 2 aromatic rings. The fourth-order valence-electron chi connectivity index (χ4n) is 3.14. The lowest BCUT2D eigenvalue weighted by atomic mass is 10.2. The third-order valence-corrected chi connectivity index (χ3v) is 4.59. The molecule has 7 nitrogen and oxygen atoms in total. The lowest BCUT2D eigenvalue weighted by molar-refractivity contribution is 0.105. The molecule has 0 saturated carbocycles. The van der Waals surface area contributed by atoms with Crippen molar-refractivity contribution in [3.63, 3.8) is 0 Å². The number of nitrogens with zero attached hydrogens (tertiary/aromatic N) is 3. The van der Waals surface area contributed by atoms with Gasteiger partial charge in [0.1, 0.15) is 18.2 Å². The smallest absolute Gasteiger partial charge is 0.191 e. The van der Waals surface area contributed by atoms with Crippen LogP contribution in [0.3, 0.4) is 0 Å². The maximum atomic E-state index is 5.61. The Hall–Kier alpha value is -1.81. The Labute approximate surface area is 190 Å². The zero-order chi connectivity index (χ0) is 19.4. The number of anilines is 1. The van der Waals surface area contributed by atoms with Crippen molar-refractivity contribution in [1.29, 1.82) is 0 Å². The fraction of sp³-hybridized carbons (Fsp3) is 0.524. The lowest BCUT2D eigenvalue weighted by Gasteiger charge is -2.16. The summed E-state index contributed by atoms with van der Waals surface area (Å²) in [5, 5.41) is 6.66. The number of hydrogen-bond acceptors (Lipinski definition) is 5. The Morgan fingerprint density at radius 3 is 2.90 bits per heavy atom. The van der Waals surface area contributed by atoms with E-state index in [1.807, 2.05) is 24.4 Å². The number of pyridine rings is 1. The number of furan rings is 1. The molecule has 0 atom stereocenters. The summed E-state index contributed by atoms with van der Waals surface area (Å²) in [7, 11) is 0. The quantitative estimate of drug-likeness (QED) is 0.219. The zero-order valence-corrected chi connectivity index (χ0v) is 19.4. The van der Waals surface area contributed by atoms with Gasteiger partial charge in [0, 0.05) is 39.0 Å². The normalized spacial score (nSPS) is 14.0. The number of guanidine groups is 1. The standard InChI is InChI=1S/C21H31N5O2.HI/c1-2-22-21(24-9-6-13-27-17-19-7-5-14-28-19)25-16-18-8-10-23-20(15-18)26-11-3-4-12-26;/h5,7-8,10,14-15H,2-4,6,9,11-13,16-17H2,1H3,(H2,22,24,25);1H. The molecule has 8 heteroatoms. The van der Waals surface area contributed by atoms with Gasteiger partial charge in [-0.25, -0.2) is 9.98 Å². The first kappa shape index (κ1) is 23.5. The summed E-state index contributed by atoms with van der Waals surface area (Å²) in [6.07, 6.45) is 6.96. The highest BCUT2D eigenvalue weighted by molar-refractivity contribution is 14.0. The molecule has 0 spiro atoms. The lowest BCUT2D eigenvalue weighted by Crippen LogP contribution is -2.38. The first-order valence-electron chi connectivity index (χ1n) is 10.2. The molecule has 2 aromatic heterocycles. The minimum atomic E-state index is 0. The molecule has 3 heterocycles. The summed E-state index contributed by atoms with van der Waals surface area (Å²) < 4.78 is 10.9. The molecular weight excluding hydrogens is 481 g/mol. The van der Waals surface area contributed by atoms with Gasteiger partial charge in [-0.05, 0) is 56.0 Å². The van der Waals surface area contributed by atoms with Crippen LogP contribution in [0.1, 0.15) is 37.5 Å². The van der Waals surface area contributed by atoms with Crippen molar-refractivity contribution in [1.82, 2.24) is 15.6 Å². The van der Waals surface area contributed by atoms with E-state index < -0.39 is 0 Å². The summed E-state index contributed by atoms with van der Waals surface area (Å²) in [6.45, 7) is 7.74. The van der Waals surface area contributed by atoms with E-state index >= 15 is 0 Å². The zero-order valence-electron chi connectivity index (χ0n) is 17.1. The molecule has 160 valence electrons. The van der Waals surface area contributed by atoms with Crippen molar-refractivity contribution in [2.75, 3.05) is 37.7 Å². The van der Waals surface area contributed by atoms with Crippen LogP contribution in [0, 0.1) is 0 Å². The van der Waals surface area contributed by atoms with E-state index in [0.717, 1.165) is 50.1 Å². The van der Waals surface area contributed by atoms with Gasteiger partial charge < -0.3 is 24.7 Å². The Morgan fingerprint density at radius 2 is 2.14 bits per heavy atom. The third-order valence-electron chi connectivity index (χ3n) is 4.59. The molecular formula is C21H32IN5O2. The van der Waals surface area contributed by atoms with Gasteiger partial charge in [-0.3, -0.25) is 0 Å². The molecule has 0 aromatic carbocycles. The van der Waals surface area contributed by atoms with Crippen LogP contribution in [0.25, 0.3) is 0 Å². The van der Waals surface area contributed by atoms with Crippen LogP contribution < -0.4 is 15.5 Å². The monoisotopic (exact) mass is 513 g/mol. The van der Waals surface area contributed by atoms with Gasteiger partial charge in [-0.1, -0.05) is 0 Å². The van der Waals surface area contributed by atoms with E-state index in [1.54, 1.807) is 6.26 Å². The summed E-state index contributed by atoms with van der Waals surface area (Å²) in [6, 6.07) is 7.98. The summed E-state index contributed by atoms with van der Waals surface area (Å²) in [5.74, 6) is 2.75. The first-order chi connectivity index (χ1) is 13.8. The maximum absolute atomic E-state index is 5.61. The van der Waals surface area contributed by atoms with E-state index in [0.29, 0.717) is 19.8 Å².